The van der Waals surface area contributed by atoms with E-state index in [4.69, 9.17) is 5.11 Å². The Hall–Kier alpha value is -1.55. The summed E-state index contributed by atoms with van der Waals surface area (Å²) in [6.07, 6.45) is 0. The zero-order valence-corrected chi connectivity index (χ0v) is 10.2. The fourth-order valence-corrected chi connectivity index (χ4v) is 2.31. The average molecular weight is 234 g/mol. The first-order valence-electron chi connectivity index (χ1n) is 5.80. The lowest BCUT2D eigenvalue weighted by Gasteiger charge is -2.17. The SMILES string of the molecule is CN(C)c1ccc([C@@H]2CNC[C@@H]2C(=O)O)cc1. The molecule has 17 heavy (non-hydrogen) atoms. The molecule has 0 unspecified atom stereocenters. The predicted molar refractivity (Wildman–Crippen MR) is 67.5 cm³/mol. The summed E-state index contributed by atoms with van der Waals surface area (Å²) < 4.78 is 0. The summed E-state index contributed by atoms with van der Waals surface area (Å²) in [5, 5.41) is 12.3. The monoisotopic (exact) mass is 234 g/mol. The highest BCUT2D eigenvalue weighted by atomic mass is 16.4. The van der Waals surface area contributed by atoms with Gasteiger partial charge in [-0.15, -0.1) is 0 Å². The van der Waals surface area contributed by atoms with Crippen LogP contribution in [-0.2, 0) is 4.79 Å². The molecule has 0 radical (unpaired) electrons. The number of nitrogens with one attached hydrogen (secondary N) is 1. The first-order chi connectivity index (χ1) is 8.09. The minimum atomic E-state index is -0.711. The number of rotatable bonds is 3. The maximum atomic E-state index is 11.1. The van der Waals surface area contributed by atoms with Crippen LogP contribution in [0.3, 0.4) is 0 Å². The summed E-state index contributed by atoms with van der Waals surface area (Å²) in [5.41, 5.74) is 2.24. The molecule has 92 valence electrons. The lowest BCUT2D eigenvalue weighted by molar-refractivity contribution is -0.141. The van der Waals surface area contributed by atoms with E-state index >= 15 is 0 Å². The molecular formula is C13H18N2O2. The van der Waals surface area contributed by atoms with Crippen molar-refractivity contribution in [2.45, 2.75) is 5.92 Å². The van der Waals surface area contributed by atoms with Crippen molar-refractivity contribution in [1.82, 2.24) is 5.32 Å². The van der Waals surface area contributed by atoms with Crippen LogP contribution in [0.4, 0.5) is 5.69 Å². The van der Waals surface area contributed by atoms with Crippen LogP contribution in [0.5, 0.6) is 0 Å². The van der Waals surface area contributed by atoms with Crippen molar-refractivity contribution in [2.75, 3.05) is 32.1 Å². The Morgan fingerprint density at radius 3 is 2.47 bits per heavy atom. The first kappa shape index (κ1) is 11.9. The molecular weight excluding hydrogens is 216 g/mol. The van der Waals surface area contributed by atoms with Gasteiger partial charge >= 0.3 is 5.97 Å². The van der Waals surface area contributed by atoms with E-state index in [-0.39, 0.29) is 11.8 Å². The van der Waals surface area contributed by atoms with Gasteiger partial charge in [0.05, 0.1) is 5.92 Å². The molecule has 0 amide bonds. The van der Waals surface area contributed by atoms with Crippen LogP contribution in [0.1, 0.15) is 11.5 Å². The van der Waals surface area contributed by atoms with Gasteiger partial charge in [-0.05, 0) is 17.7 Å². The molecule has 0 saturated carbocycles. The van der Waals surface area contributed by atoms with Gasteiger partial charge in [-0.2, -0.15) is 0 Å². The van der Waals surface area contributed by atoms with Crippen LogP contribution in [0.2, 0.25) is 0 Å². The van der Waals surface area contributed by atoms with Gasteiger partial charge in [-0.3, -0.25) is 4.79 Å². The minimum Gasteiger partial charge on any atom is -0.481 e. The summed E-state index contributed by atoms with van der Waals surface area (Å²) in [6, 6.07) is 8.13. The van der Waals surface area contributed by atoms with Crippen LogP contribution in [-0.4, -0.2) is 38.3 Å². The highest BCUT2D eigenvalue weighted by Gasteiger charge is 2.33. The highest BCUT2D eigenvalue weighted by molar-refractivity contribution is 5.72. The quantitative estimate of drug-likeness (QED) is 0.823. The maximum absolute atomic E-state index is 11.1. The second-order valence-electron chi connectivity index (χ2n) is 4.70. The molecule has 1 aromatic rings. The zero-order chi connectivity index (χ0) is 12.4. The Bertz CT molecular complexity index is 400. The Labute approximate surface area is 101 Å². The molecule has 1 aliphatic heterocycles. The smallest absolute Gasteiger partial charge is 0.308 e. The normalized spacial score (nSPS) is 23.6. The van der Waals surface area contributed by atoms with Crippen LogP contribution >= 0.6 is 0 Å². The predicted octanol–water partition coefficient (Wildman–Crippen LogP) is 1.14. The van der Waals surface area contributed by atoms with E-state index in [1.807, 2.05) is 43.3 Å². The van der Waals surface area contributed by atoms with Crippen molar-refractivity contribution in [3.05, 3.63) is 29.8 Å². The summed E-state index contributed by atoms with van der Waals surface area (Å²) in [4.78, 5) is 13.1. The lowest BCUT2D eigenvalue weighted by atomic mass is 9.89. The van der Waals surface area contributed by atoms with Crippen molar-refractivity contribution in [2.24, 2.45) is 5.92 Å². The summed E-state index contributed by atoms with van der Waals surface area (Å²) in [6.45, 7) is 1.31. The number of nitrogens with zero attached hydrogens (tertiary/aromatic N) is 1. The molecule has 1 fully saturated rings. The Morgan fingerprint density at radius 2 is 1.94 bits per heavy atom. The van der Waals surface area contributed by atoms with Crippen LogP contribution in [0, 0.1) is 5.92 Å². The van der Waals surface area contributed by atoms with Gasteiger partial charge in [-0.1, -0.05) is 12.1 Å². The van der Waals surface area contributed by atoms with Crippen LogP contribution < -0.4 is 10.2 Å². The van der Waals surface area contributed by atoms with E-state index in [1.165, 1.54) is 0 Å². The highest BCUT2D eigenvalue weighted by Crippen LogP contribution is 2.29. The average Bonchev–Trinajstić information content (AvgIpc) is 2.78. The molecule has 1 aromatic carbocycles. The number of hydrogen-bond donors (Lipinski definition) is 2. The van der Waals surface area contributed by atoms with Gasteiger partial charge in [0.25, 0.3) is 0 Å². The molecule has 2 rings (SSSR count). The number of aliphatic carboxylic acids is 1. The van der Waals surface area contributed by atoms with E-state index in [9.17, 15) is 4.79 Å². The third-order valence-corrected chi connectivity index (χ3v) is 3.37. The second-order valence-corrected chi connectivity index (χ2v) is 4.70. The number of hydrogen-bond acceptors (Lipinski definition) is 3. The third kappa shape index (κ3) is 2.42. The molecule has 1 heterocycles. The summed E-state index contributed by atoms with van der Waals surface area (Å²) >= 11 is 0. The van der Waals surface area contributed by atoms with E-state index in [1.54, 1.807) is 0 Å². The zero-order valence-electron chi connectivity index (χ0n) is 10.2. The van der Waals surface area contributed by atoms with Crippen molar-refractivity contribution in [3.8, 4) is 0 Å². The van der Waals surface area contributed by atoms with E-state index in [2.05, 4.69) is 5.32 Å². The number of carbonyl (C=O) groups is 1. The van der Waals surface area contributed by atoms with Crippen LogP contribution in [0.15, 0.2) is 24.3 Å². The van der Waals surface area contributed by atoms with E-state index < -0.39 is 5.97 Å². The molecule has 4 heteroatoms. The molecule has 0 bridgehead atoms. The fraction of sp³-hybridized carbons (Fsp3) is 0.462. The maximum Gasteiger partial charge on any atom is 0.308 e. The van der Waals surface area contributed by atoms with Crippen molar-refractivity contribution in [1.29, 1.82) is 0 Å². The van der Waals surface area contributed by atoms with E-state index in [0.29, 0.717) is 6.54 Å². The molecule has 0 aliphatic carbocycles. The summed E-state index contributed by atoms with van der Waals surface area (Å²) in [5.74, 6) is -0.930. The van der Waals surface area contributed by atoms with Crippen molar-refractivity contribution < 1.29 is 9.90 Å². The Morgan fingerprint density at radius 1 is 1.29 bits per heavy atom. The number of anilines is 1. The summed E-state index contributed by atoms with van der Waals surface area (Å²) in [7, 11) is 3.98. The molecule has 1 saturated heterocycles. The van der Waals surface area contributed by atoms with E-state index in [0.717, 1.165) is 17.8 Å². The van der Waals surface area contributed by atoms with Gasteiger partial charge in [0.2, 0.25) is 0 Å². The van der Waals surface area contributed by atoms with Crippen molar-refractivity contribution >= 4 is 11.7 Å². The first-order valence-corrected chi connectivity index (χ1v) is 5.80. The lowest BCUT2D eigenvalue weighted by Crippen LogP contribution is -2.21. The number of benzene rings is 1. The van der Waals surface area contributed by atoms with Gasteiger partial charge in [0.1, 0.15) is 0 Å². The van der Waals surface area contributed by atoms with Crippen molar-refractivity contribution in [3.63, 3.8) is 0 Å². The number of carboxylic acid groups (broad SMARTS) is 1. The molecule has 0 spiro atoms. The number of carboxylic acids is 1. The minimum absolute atomic E-state index is 0.0868. The largest absolute Gasteiger partial charge is 0.481 e. The van der Waals surface area contributed by atoms with Crippen LogP contribution in [0.25, 0.3) is 0 Å². The topological polar surface area (TPSA) is 52.6 Å². The molecule has 2 N–H and O–H groups in total. The van der Waals surface area contributed by atoms with Gasteiger partial charge in [-0.25, -0.2) is 0 Å². The van der Waals surface area contributed by atoms with Gasteiger partial charge in [0.15, 0.2) is 0 Å². The molecule has 1 aliphatic rings. The van der Waals surface area contributed by atoms with Gasteiger partial charge in [0, 0.05) is 38.8 Å². The molecule has 2 atom stereocenters. The standard InChI is InChI=1S/C13H18N2O2/c1-15(2)10-5-3-9(4-6-10)11-7-14-8-12(11)13(16)17/h3-6,11-12,14H,7-8H2,1-2H3,(H,16,17)/t11-,12-/m0/s1. The molecule has 4 nitrogen and oxygen atoms in total. The fourth-order valence-electron chi connectivity index (χ4n) is 2.31. The Balaban J connectivity index is 2.19. The van der Waals surface area contributed by atoms with Gasteiger partial charge < -0.3 is 15.3 Å². The Kier molecular flexibility index (Phi) is 3.33. The second kappa shape index (κ2) is 4.75. The third-order valence-electron chi connectivity index (χ3n) is 3.37. The molecule has 0 aromatic heterocycles.